The molecule has 0 amide bonds. The molecule has 0 radical (unpaired) electrons. The lowest BCUT2D eigenvalue weighted by atomic mass is 9.12. The standard InChI is InChI=1S/C32H12BF24.C15H19N2O/c34-25(35,36)13-1-14(26(37,38)39)6-21(5-13)33(22-7-15(27(40,41)42)2-16(8-22)28(43,44)45,23-9-17(29(46,47)48)3-18(10-23)30(49,50)51)24-11-19(31(52,53)54)4-20(12-24)32(55,56)57;1-15(2,3)18-14-11-16-9-10-17(14)12-13-7-5-4-6-8-13/h1-12H;4-11H,12H2,1-3H3/q-1;+1. The number of aromatic nitrogens is 2. The molecule has 5 aromatic carbocycles. The number of ether oxygens (including phenoxy) is 1. The lowest BCUT2D eigenvalue weighted by Crippen LogP contribution is -2.75. The van der Waals surface area contributed by atoms with Crippen LogP contribution in [0.1, 0.15) is 70.8 Å². The number of halogens is 24. The van der Waals surface area contributed by atoms with Gasteiger partial charge in [-0.15, -0.1) is 0 Å². The van der Waals surface area contributed by atoms with E-state index in [0.29, 0.717) is 0 Å². The molecule has 0 saturated heterocycles. The number of hydrogen-bond donors (Lipinski definition) is 0. The first-order valence-corrected chi connectivity index (χ1v) is 20.7. The highest BCUT2D eigenvalue weighted by atomic mass is 19.4. The fraction of sp³-hybridized carbons (Fsp3) is 0.277. The van der Waals surface area contributed by atoms with Crippen molar-refractivity contribution in [3.8, 4) is 5.88 Å². The Kier molecular flexibility index (Phi) is 15.9. The number of alkyl halides is 24. The Hall–Kier alpha value is -6.64. The molecule has 0 N–H and O–H groups in total. The first-order valence-electron chi connectivity index (χ1n) is 20.7. The molecule has 6 aromatic rings. The van der Waals surface area contributed by atoms with E-state index in [1.807, 2.05) is 45.2 Å². The van der Waals surface area contributed by atoms with Crippen LogP contribution in [0.3, 0.4) is 0 Å². The van der Waals surface area contributed by atoms with Crippen molar-refractivity contribution in [2.75, 3.05) is 0 Å². The number of hydrogen-bond acceptors (Lipinski definition) is 2. The van der Waals surface area contributed by atoms with Crippen molar-refractivity contribution in [2.45, 2.75) is 82.3 Å². The van der Waals surface area contributed by atoms with Crippen molar-refractivity contribution in [3.05, 3.63) is 172 Å². The molecule has 0 spiro atoms. The molecule has 0 saturated carbocycles. The Morgan fingerprint density at radius 2 is 0.640 bits per heavy atom. The number of nitrogens with zero attached hydrogens (tertiary/aromatic N) is 2. The second-order valence-corrected chi connectivity index (χ2v) is 17.5. The lowest BCUT2D eigenvalue weighted by Gasteiger charge is -2.46. The van der Waals surface area contributed by atoms with Crippen LogP contribution in [0.15, 0.2) is 122 Å². The van der Waals surface area contributed by atoms with Crippen LogP contribution in [0.5, 0.6) is 5.88 Å². The van der Waals surface area contributed by atoms with Crippen LogP contribution in [-0.4, -0.2) is 16.7 Å². The molecule has 0 unspecified atom stereocenters. The van der Waals surface area contributed by atoms with E-state index in [0.717, 1.165) is 12.4 Å². The zero-order valence-electron chi connectivity index (χ0n) is 37.7. The van der Waals surface area contributed by atoms with Gasteiger partial charge in [-0.2, -0.15) is 132 Å². The quantitative estimate of drug-likeness (QED) is 0.0905. The highest BCUT2D eigenvalue weighted by Gasteiger charge is 2.47. The van der Waals surface area contributed by atoms with E-state index in [4.69, 9.17) is 4.74 Å². The first kappa shape index (κ1) is 59.2. The van der Waals surface area contributed by atoms with E-state index in [9.17, 15) is 105 Å². The van der Waals surface area contributed by atoms with E-state index >= 15 is 0 Å². The molecular weight excluding hydrogens is 1080 g/mol. The van der Waals surface area contributed by atoms with E-state index < -0.39 is 195 Å². The molecule has 0 atom stereocenters. The van der Waals surface area contributed by atoms with Gasteiger partial charge in [-0.3, -0.25) is 0 Å². The lowest BCUT2D eigenvalue weighted by molar-refractivity contribution is -0.695. The average molecular weight is 1110 g/mol. The third-order valence-electron chi connectivity index (χ3n) is 10.8. The maximum Gasteiger partial charge on any atom is 0.416 e. The smallest absolute Gasteiger partial charge is 0.416 e. The van der Waals surface area contributed by atoms with Crippen LogP contribution in [0.4, 0.5) is 105 Å². The molecule has 6 rings (SSSR count). The zero-order valence-corrected chi connectivity index (χ0v) is 37.7. The van der Waals surface area contributed by atoms with Gasteiger partial charge in [0.05, 0.1) is 50.7 Å². The zero-order chi connectivity index (χ0) is 56.9. The van der Waals surface area contributed by atoms with Crippen LogP contribution < -0.4 is 31.2 Å². The SMILES string of the molecule is CC(C)(C)Oc1cncc[n+]1Cc1ccccc1.FC(F)(F)c1cc([B-](c2cc(C(F)(F)F)cc(C(F)(F)F)c2)(c2cc(C(F)(F)F)cc(C(F)(F)F)c2)c2cc(C(F)(F)F)cc(C(F)(F)F)c2)cc(C(F)(F)F)c1. The molecule has 0 bridgehead atoms. The van der Waals surface area contributed by atoms with Gasteiger partial charge in [0.15, 0.2) is 12.7 Å². The Labute approximate surface area is 407 Å². The summed E-state index contributed by atoms with van der Waals surface area (Å²) in [5, 5.41) is 0. The maximum atomic E-state index is 14.2. The van der Waals surface area contributed by atoms with Crippen molar-refractivity contribution in [3.63, 3.8) is 0 Å². The summed E-state index contributed by atoms with van der Waals surface area (Å²) in [7, 11) is 0. The molecule has 0 aliphatic rings. The monoisotopic (exact) mass is 1110 g/mol. The van der Waals surface area contributed by atoms with Gasteiger partial charge in [0.2, 0.25) is 0 Å². The Morgan fingerprint density at radius 3 is 0.867 bits per heavy atom. The van der Waals surface area contributed by atoms with Gasteiger partial charge >= 0.3 is 55.3 Å². The van der Waals surface area contributed by atoms with Crippen molar-refractivity contribution in [1.29, 1.82) is 0 Å². The number of benzene rings is 5. The molecule has 75 heavy (non-hydrogen) atoms. The molecule has 406 valence electrons. The maximum absolute atomic E-state index is 14.2. The summed E-state index contributed by atoms with van der Waals surface area (Å²) in [4.78, 5) is 4.13. The van der Waals surface area contributed by atoms with Crippen LogP contribution >= 0.6 is 0 Å². The summed E-state index contributed by atoms with van der Waals surface area (Å²) in [6.07, 6.45) is -49.3. The molecule has 0 aliphatic heterocycles. The van der Waals surface area contributed by atoms with E-state index in [1.54, 1.807) is 12.4 Å². The Morgan fingerprint density at radius 1 is 0.387 bits per heavy atom. The third kappa shape index (κ3) is 14.4. The van der Waals surface area contributed by atoms with Crippen molar-refractivity contribution in [1.82, 2.24) is 4.98 Å². The minimum Gasteiger partial charge on any atom is -0.438 e. The third-order valence-corrected chi connectivity index (χ3v) is 10.8. The van der Waals surface area contributed by atoms with Gasteiger partial charge in [0, 0.05) is 5.56 Å². The minimum absolute atomic E-state index is 0.221. The van der Waals surface area contributed by atoms with Gasteiger partial charge in [-0.05, 0) is 45.0 Å². The molecule has 0 aliphatic carbocycles. The normalized spacial score (nSPS) is 13.6. The summed E-state index contributed by atoms with van der Waals surface area (Å²) in [5.41, 5.74) is -29.2. The molecule has 0 fully saturated rings. The van der Waals surface area contributed by atoms with Crippen LogP contribution in [-0.2, 0) is 56.0 Å². The molecule has 3 nitrogen and oxygen atoms in total. The van der Waals surface area contributed by atoms with Gasteiger partial charge < -0.3 is 4.74 Å². The van der Waals surface area contributed by atoms with E-state index in [-0.39, 0.29) is 5.60 Å². The van der Waals surface area contributed by atoms with Gasteiger partial charge in [-0.25, -0.2) is 4.98 Å². The number of rotatable bonds is 7. The predicted octanol–water partition coefficient (Wildman–Crippen LogP) is 13.8. The van der Waals surface area contributed by atoms with Crippen molar-refractivity contribution >= 4 is 28.0 Å². The van der Waals surface area contributed by atoms with E-state index in [1.165, 1.54) is 5.56 Å². The highest BCUT2D eigenvalue weighted by molar-refractivity contribution is 7.20. The second-order valence-electron chi connectivity index (χ2n) is 17.5. The largest absolute Gasteiger partial charge is 0.438 e. The summed E-state index contributed by atoms with van der Waals surface area (Å²) >= 11 is 0. The molecular formula is C47H31BF24N2O. The minimum atomic E-state index is -6.13. The van der Waals surface area contributed by atoms with Crippen molar-refractivity contribution in [2.24, 2.45) is 0 Å². The van der Waals surface area contributed by atoms with Crippen LogP contribution in [0.25, 0.3) is 0 Å². The van der Waals surface area contributed by atoms with Crippen LogP contribution in [0.2, 0.25) is 0 Å². The summed E-state index contributed by atoms with van der Waals surface area (Å²) in [5.74, 6) is 0.786. The van der Waals surface area contributed by atoms with Gasteiger partial charge in [0.25, 0.3) is 0 Å². The molecule has 1 heterocycles. The summed E-state index contributed by atoms with van der Waals surface area (Å²) in [6, 6.07) is 1.51. The second kappa shape index (κ2) is 20.1. The van der Waals surface area contributed by atoms with Crippen LogP contribution in [0, 0.1) is 0 Å². The average Bonchev–Trinajstić information content (AvgIpc) is 3.25. The molecule has 28 heteroatoms. The summed E-state index contributed by atoms with van der Waals surface area (Å²) in [6.45, 7) is 6.89. The molecule has 1 aromatic heterocycles. The fourth-order valence-electron chi connectivity index (χ4n) is 7.75. The topological polar surface area (TPSA) is 26.0 Å². The first-order chi connectivity index (χ1) is 33.8. The van der Waals surface area contributed by atoms with Gasteiger partial charge in [-0.1, -0.05) is 78.9 Å². The predicted molar refractivity (Wildman–Crippen MR) is 220 cm³/mol. The Bertz CT molecular complexity index is 2540. The van der Waals surface area contributed by atoms with Gasteiger partial charge in [0.1, 0.15) is 17.9 Å². The fourth-order valence-corrected chi connectivity index (χ4v) is 7.75. The van der Waals surface area contributed by atoms with Crippen molar-refractivity contribution < 1.29 is 115 Å². The van der Waals surface area contributed by atoms with E-state index in [2.05, 4.69) is 21.7 Å². The summed E-state index contributed by atoms with van der Waals surface area (Å²) < 4.78 is 349. The highest BCUT2D eigenvalue weighted by Crippen LogP contribution is 2.41. The Balaban J connectivity index is 0.000000483.